The summed E-state index contributed by atoms with van der Waals surface area (Å²) in [5, 5.41) is 2.61. The SMILES string of the molecule is CC.CC.CC.C[CH-]c1nc2ccc(-c3ccc4cc(CC(C)C(C)C)ccc4c3)cc2[nH]1.[CH3-].[CH3-].[Y+3]. The van der Waals surface area contributed by atoms with Crippen molar-refractivity contribution in [2.75, 3.05) is 0 Å². The maximum atomic E-state index is 4.55. The van der Waals surface area contributed by atoms with Crippen LogP contribution >= 0.6 is 0 Å². The van der Waals surface area contributed by atoms with Crippen molar-refractivity contribution >= 4 is 21.8 Å². The third kappa shape index (κ3) is 10.4. The van der Waals surface area contributed by atoms with E-state index in [1.54, 1.807) is 0 Å². The van der Waals surface area contributed by atoms with Gasteiger partial charge in [-0.3, -0.25) is 4.98 Å². The summed E-state index contributed by atoms with van der Waals surface area (Å²) in [5.74, 6) is 2.34. The summed E-state index contributed by atoms with van der Waals surface area (Å²) in [7, 11) is 0. The van der Waals surface area contributed by atoms with Crippen molar-refractivity contribution in [2.24, 2.45) is 11.8 Å². The maximum Gasteiger partial charge on any atom is 3.00 e. The van der Waals surface area contributed by atoms with E-state index in [1.807, 2.05) is 54.9 Å². The zero-order chi connectivity index (χ0) is 25.0. The average Bonchev–Trinajstić information content (AvgIpc) is 3.30. The van der Waals surface area contributed by atoms with Crippen LogP contribution in [0.3, 0.4) is 0 Å². The van der Waals surface area contributed by atoms with Crippen molar-refractivity contribution in [3.63, 3.8) is 0 Å². The number of hydrogen-bond donors (Lipinski definition) is 1. The van der Waals surface area contributed by atoms with E-state index in [9.17, 15) is 0 Å². The number of H-pyrrole nitrogens is 1. The van der Waals surface area contributed by atoms with E-state index < -0.39 is 0 Å². The van der Waals surface area contributed by atoms with E-state index in [4.69, 9.17) is 0 Å². The quantitative estimate of drug-likeness (QED) is 0.240. The first-order valence-electron chi connectivity index (χ1n) is 12.9. The number of hydrogen-bond acceptors (Lipinski definition) is 1. The molecule has 1 atom stereocenters. The fourth-order valence-corrected chi connectivity index (χ4v) is 3.55. The molecule has 0 amide bonds. The Morgan fingerprint density at radius 3 is 1.86 bits per heavy atom. The third-order valence-corrected chi connectivity index (χ3v) is 5.71. The molecule has 2 nitrogen and oxygen atoms in total. The fourth-order valence-electron chi connectivity index (χ4n) is 3.55. The maximum absolute atomic E-state index is 4.55. The standard InChI is InChI=1S/C25H27N2.3C2H6.2CH3.Y/c1-5-25-26-23-11-10-22(15-24(23)27-25)21-9-8-19-13-18(6-7-20(19)14-21)12-17(4)16(2)3;3*1-2;;;/h5-11,13-17H,12H2,1-4H3,(H,26,27);3*1-2H3;2*1H3;/q-1;;;;2*-1;+3. The van der Waals surface area contributed by atoms with E-state index >= 15 is 0 Å². The Balaban J connectivity index is -0.00000113. The molecule has 1 unspecified atom stereocenters. The van der Waals surface area contributed by atoms with Crippen molar-refractivity contribution in [3.05, 3.63) is 87.3 Å². The second-order valence-electron chi connectivity index (χ2n) is 7.96. The zero-order valence-corrected chi connectivity index (χ0v) is 28.0. The molecule has 0 saturated carbocycles. The van der Waals surface area contributed by atoms with Crippen LogP contribution in [0.1, 0.15) is 80.6 Å². The van der Waals surface area contributed by atoms with Crippen LogP contribution in [-0.2, 0) is 39.1 Å². The summed E-state index contributed by atoms with van der Waals surface area (Å²) in [6, 6.07) is 20.1. The van der Waals surface area contributed by atoms with Gasteiger partial charge in [-0.05, 0) is 69.7 Å². The van der Waals surface area contributed by atoms with Crippen molar-refractivity contribution < 1.29 is 32.7 Å². The summed E-state index contributed by atoms with van der Waals surface area (Å²) in [6.45, 7) is 20.9. The summed E-state index contributed by atoms with van der Waals surface area (Å²) in [5.41, 5.74) is 5.98. The molecular weight excluding hydrogens is 513 g/mol. The minimum absolute atomic E-state index is 0. The molecule has 0 spiro atoms. The van der Waals surface area contributed by atoms with Gasteiger partial charge in [-0.1, -0.05) is 98.7 Å². The Morgan fingerprint density at radius 1 is 0.750 bits per heavy atom. The third-order valence-electron chi connectivity index (χ3n) is 5.71. The first-order chi connectivity index (χ1) is 16.0. The van der Waals surface area contributed by atoms with Crippen LogP contribution in [0.5, 0.6) is 0 Å². The van der Waals surface area contributed by atoms with Gasteiger partial charge in [0.2, 0.25) is 0 Å². The first-order valence-corrected chi connectivity index (χ1v) is 12.9. The zero-order valence-electron chi connectivity index (χ0n) is 25.2. The van der Waals surface area contributed by atoms with Gasteiger partial charge in [0, 0.05) is 0 Å². The molecule has 3 aromatic carbocycles. The average molecular weight is 565 g/mol. The van der Waals surface area contributed by atoms with E-state index in [0.717, 1.165) is 23.3 Å². The van der Waals surface area contributed by atoms with Crippen LogP contribution in [0.2, 0.25) is 0 Å². The number of nitrogens with zero attached hydrogens (tertiary/aromatic N) is 1. The van der Waals surface area contributed by atoms with Crippen LogP contribution in [0.15, 0.2) is 54.6 Å². The van der Waals surface area contributed by atoms with Gasteiger partial charge >= 0.3 is 32.7 Å². The van der Waals surface area contributed by atoms with Crippen LogP contribution in [0.25, 0.3) is 32.9 Å². The number of benzene rings is 3. The number of aromatic amines is 1. The minimum atomic E-state index is 0. The second kappa shape index (κ2) is 20.4. The number of rotatable bonds is 5. The molecule has 1 heterocycles. The minimum Gasteiger partial charge on any atom is -0.368 e. The molecule has 0 fully saturated rings. The molecule has 0 aliphatic carbocycles. The Kier molecular flexibility index (Phi) is 22.1. The molecule has 36 heavy (non-hydrogen) atoms. The molecule has 196 valence electrons. The fraction of sp³-hybridized carbons (Fsp3) is 0.394. The number of imidazole rings is 1. The molecule has 0 bridgehead atoms. The molecule has 4 rings (SSSR count). The predicted molar refractivity (Wildman–Crippen MR) is 163 cm³/mol. The number of aromatic nitrogens is 2. The molecule has 0 aliphatic heterocycles. The second-order valence-corrected chi connectivity index (χ2v) is 7.96. The van der Waals surface area contributed by atoms with E-state index in [1.165, 1.54) is 27.5 Å². The topological polar surface area (TPSA) is 28.7 Å². The van der Waals surface area contributed by atoms with E-state index in [2.05, 4.69) is 85.3 Å². The van der Waals surface area contributed by atoms with Gasteiger partial charge in [0.1, 0.15) is 0 Å². The van der Waals surface area contributed by atoms with Crippen molar-refractivity contribution in [3.8, 4) is 11.1 Å². The Labute approximate surface area is 249 Å². The van der Waals surface area contributed by atoms with E-state index in [-0.39, 0.29) is 47.6 Å². The molecule has 0 radical (unpaired) electrons. The van der Waals surface area contributed by atoms with Crippen LogP contribution in [0, 0.1) is 33.1 Å². The normalized spacial score (nSPS) is 10.1. The van der Waals surface area contributed by atoms with Gasteiger partial charge in [-0.15, -0.1) is 0 Å². The number of nitrogens with one attached hydrogen (secondary N) is 1. The van der Waals surface area contributed by atoms with Crippen LogP contribution in [0.4, 0.5) is 0 Å². The van der Waals surface area contributed by atoms with E-state index in [0.29, 0.717) is 11.8 Å². The molecular formula is C33H51N2Y. The summed E-state index contributed by atoms with van der Waals surface area (Å²) in [4.78, 5) is 7.91. The summed E-state index contributed by atoms with van der Waals surface area (Å²) in [6.07, 6.45) is 3.13. The van der Waals surface area contributed by atoms with Gasteiger partial charge in [-0.2, -0.15) is 6.92 Å². The molecule has 0 aliphatic rings. The van der Waals surface area contributed by atoms with Gasteiger partial charge in [0.15, 0.2) is 0 Å². The van der Waals surface area contributed by atoms with Gasteiger partial charge in [-0.25, -0.2) is 0 Å². The molecule has 4 aromatic rings. The molecule has 1 aromatic heterocycles. The van der Waals surface area contributed by atoms with Crippen molar-refractivity contribution in [1.82, 2.24) is 9.97 Å². The molecule has 1 N–H and O–H groups in total. The van der Waals surface area contributed by atoms with Gasteiger partial charge < -0.3 is 26.3 Å². The van der Waals surface area contributed by atoms with Gasteiger partial charge in [0.05, 0.1) is 11.0 Å². The Hall–Kier alpha value is -1.64. The largest absolute Gasteiger partial charge is 3.00 e. The Morgan fingerprint density at radius 2 is 1.28 bits per heavy atom. The van der Waals surface area contributed by atoms with Crippen LogP contribution in [-0.4, -0.2) is 9.97 Å². The smallest absolute Gasteiger partial charge is 0.368 e. The van der Waals surface area contributed by atoms with Gasteiger partial charge in [0.25, 0.3) is 0 Å². The first kappa shape index (κ1) is 38.9. The molecule has 3 heteroatoms. The summed E-state index contributed by atoms with van der Waals surface area (Å²) < 4.78 is 0. The Bertz CT molecular complexity index is 1100. The summed E-state index contributed by atoms with van der Waals surface area (Å²) >= 11 is 0. The molecule has 0 saturated heterocycles. The van der Waals surface area contributed by atoms with Crippen molar-refractivity contribution in [2.45, 2.75) is 75.7 Å². The monoisotopic (exact) mass is 564 g/mol. The van der Waals surface area contributed by atoms with Crippen molar-refractivity contribution in [1.29, 1.82) is 0 Å². The van der Waals surface area contributed by atoms with Crippen LogP contribution < -0.4 is 0 Å². The number of fused-ring (bicyclic) bond motifs is 2. The predicted octanol–water partition coefficient (Wildman–Crippen LogP) is 10.8.